The summed E-state index contributed by atoms with van der Waals surface area (Å²) in [6.07, 6.45) is -0.841. The molecule has 0 fully saturated rings. The number of carbonyl (C=O) groups is 4. The minimum atomic E-state index is -4.09. The summed E-state index contributed by atoms with van der Waals surface area (Å²) in [5.74, 6) is -1.47. The molecule has 0 saturated carbocycles. The summed E-state index contributed by atoms with van der Waals surface area (Å²) in [4.78, 5) is 49.4. The molecular weight excluding hydrogens is 677 g/mol. The standard InChI is InChI=1S/C33H32N4O10S2/c1-21-4-16-28(17-5-21)48(42,43)36-32(40)34-26-12-8-24(9-13-26)30(38)46-20-23(3)47-31(39)25-10-14-27(15-11-25)35-33(41)37-49(44,45)29-18-6-22(2)7-19-29/h4-19,23H,20H2,1-3H3,(H2,34,36,40)(H2,35,37,41). The van der Waals surface area contributed by atoms with E-state index in [9.17, 15) is 36.0 Å². The number of esters is 2. The van der Waals surface area contributed by atoms with Gasteiger partial charge in [-0.2, -0.15) is 0 Å². The first-order chi connectivity index (χ1) is 23.1. The van der Waals surface area contributed by atoms with Gasteiger partial charge in [0.2, 0.25) is 0 Å². The Morgan fingerprint density at radius 1 is 0.571 bits per heavy atom. The number of amides is 4. The molecule has 0 aromatic heterocycles. The number of anilines is 2. The Kier molecular flexibility index (Phi) is 11.4. The highest BCUT2D eigenvalue weighted by molar-refractivity contribution is 7.90. The molecule has 0 heterocycles. The van der Waals surface area contributed by atoms with Crippen molar-refractivity contribution in [1.82, 2.24) is 9.44 Å². The van der Waals surface area contributed by atoms with Crippen molar-refractivity contribution in [2.45, 2.75) is 36.7 Å². The number of carbonyl (C=O) groups excluding carboxylic acids is 4. The number of sulfonamides is 2. The molecule has 0 bridgehead atoms. The van der Waals surface area contributed by atoms with Gasteiger partial charge in [-0.3, -0.25) is 0 Å². The number of benzene rings is 4. The predicted molar refractivity (Wildman–Crippen MR) is 179 cm³/mol. The summed E-state index contributed by atoms with van der Waals surface area (Å²) in [5.41, 5.74) is 2.38. The highest BCUT2D eigenvalue weighted by atomic mass is 32.2. The smallest absolute Gasteiger partial charge is 0.338 e. The Bertz CT molecular complexity index is 2050. The van der Waals surface area contributed by atoms with Gasteiger partial charge in [-0.05, 0) is 93.6 Å². The predicted octanol–water partition coefficient (Wildman–Crippen LogP) is 4.73. The van der Waals surface area contributed by atoms with Gasteiger partial charge >= 0.3 is 24.0 Å². The Balaban J connectivity index is 1.21. The van der Waals surface area contributed by atoms with Gasteiger partial charge in [0.05, 0.1) is 20.9 Å². The van der Waals surface area contributed by atoms with Crippen LogP contribution in [0.5, 0.6) is 0 Å². The highest BCUT2D eigenvalue weighted by Gasteiger charge is 2.20. The van der Waals surface area contributed by atoms with Crippen LogP contribution in [0, 0.1) is 13.8 Å². The lowest BCUT2D eigenvalue weighted by Gasteiger charge is -2.14. The first-order valence-electron chi connectivity index (χ1n) is 14.5. The third-order valence-corrected chi connectivity index (χ3v) is 9.32. The van der Waals surface area contributed by atoms with E-state index in [0.29, 0.717) is 0 Å². The van der Waals surface area contributed by atoms with Crippen LogP contribution in [0.2, 0.25) is 0 Å². The van der Waals surface area contributed by atoms with E-state index in [1.165, 1.54) is 79.7 Å². The molecule has 0 radical (unpaired) electrons. The van der Waals surface area contributed by atoms with Crippen molar-refractivity contribution in [2.24, 2.45) is 0 Å². The fourth-order valence-electron chi connectivity index (χ4n) is 4.05. The molecule has 256 valence electrons. The second kappa shape index (κ2) is 15.4. The van der Waals surface area contributed by atoms with Crippen LogP contribution < -0.4 is 20.1 Å². The minimum Gasteiger partial charge on any atom is -0.458 e. The Labute approximate surface area is 282 Å². The number of nitrogens with one attached hydrogen (secondary N) is 4. The second-order valence-electron chi connectivity index (χ2n) is 10.7. The van der Waals surface area contributed by atoms with Crippen LogP contribution >= 0.6 is 0 Å². The molecule has 0 spiro atoms. The molecular formula is C33H32N4O10S2. The van der Waals surface area contributed by atoms with E-state index in [1.54, 1.807) is 38.1 Å². The molecule has 4 aromatic rings. The van der Waals surface area contributed by atoms with E-state index >= 15 is 0 Å². The van der Waals surface area contributed by atoms with E-state index < -0.39 is 50.2 Å². The maximum atomic E-state index is 12.6. The monoisotopic (exact) mass is 708 g/mol. The van der Waals surface area contributed by atoms with Crippen LogP contribution in [0.4, 0.5) is 21.0 Å². The molecule has 0 aliphatic heterocycles. The number of ether oxygens (including phenoxy) is 2. The summed E-state index contributed by atoms with van der Waals surface area (Å²) < 4.78 is 63.9. The summed E-state index contributed by atoms with van der Waals surface area (Å²) in [7, 11) is -8.18. The molecule has 4 aromatic carbocycles. The van der Waals surface area contributed by atoms with Crippen molar-refractivity contribution in [1.29, 1.82) is 0 Å². The molecule has 4 rings (SSSR count). The van der Waals surface area contributed by atoms with Gasteiger partial charge in [-0.25, -0.2) is 45.5 Å². The quantitative estimate of drug-likeness (QED) is 0.158. The maximum Gasteiger partial charge on any atom is 0.338 e. The third-order valence-electron chi connectivity index (χ3n) is 6.63. The zero-order valence-electron chi connectivity index (χ0n) is 26.4. The maximum absolute atomic E-state index is 12.6. The topological polar surface area (TPSA) is 203 Å². The molecule has 1 atom stereocenters. The SMILES string of the molecule is Cc1ccc(S(=O)(=O)NC(=O)Nc2ccc(C(=O)OCC(C)OC(=O)c3ccc(NC(=O)NS(=O)(=O)c4ccc(C)cc4)cc3)cc2)cc1. The van der Waals surface area contributed by atoms with Crippen molar-refractivity contribution in [3.63, 3.8) is 0 Å². The van der Waals surface area contributed by atoms with Crippen LogP contribution in [-0.2, 0) is 29.5 Å². The fraction of sp³-hybridized carbons (Fsp3) is 0.152. The Morgan fingerprint density at radius 2 is 0.939 bits per heavy atom. The van der Waals surface area contributed by atoms with Crippen LogP contribution in [0.3, 0.4) is 0 Å². The summed E-state index contributed by atoms with van der Waals surface area (Å²) in [6, 6.07) is 20.9. The number of aryl methyl sites for hydroxylation is 2. The molecule has 16 heteroatoms. The van der Waals surface area contributed by atoms with Crippen molar-refractivity contribution in [2.75, 3.05) is 17.2 Å². The summed E-state index contributed by atoms with van der Waals surface area (Å²) in [5, 5.41) is 4.75. The van der Waals surface area contributed by atoms with E-state index in [4.69, 9.17) is 9.47 Å². The van der Waals surface area contributed by atoms with Gasteiger partial charge in [0.25, 0.3) is 20.0 Å². The molecule has 1 unspecified atom stereocenters. The van der Waals surface area contributed by atoms with Crippen molar-refractivity contribution in [3.8, 4) is 0 Å². The van der Waals surface area contributed by atoms with E-state index in [2.05, 4.69) is 10.6 Å². The number of rotatable bonds is 11. The Morgan fingerprint density at radius 3 is 1.33 bits per heavy atom. The molecule has 4 amide bonds. The minimum absolute atomic E-state index is 0.0751. The lowest BCUT2D eigenvalue weighted by molar-refractivity contribution is 0.00448. The van der Waals surface area contributed by atoms with Crippen LogP contribution in [0.1, 0.15) is 38.8 Å². The van der Waals surface area contributed by atoms with Gasteiger partial charge in [-0.15, -0.1) is 0 Å². The van der Waals surface area contributed by atoms with Crippen LogP contribution in [-0.4, -0.2) is 53.5 Å². The van der Waals surface area contributed by atoms with Gasteiger partial charge in [-0.1, -0.05) is 35.4 Å². The van der Waals surface area contributed by atoms with E-state index in [0.717, 1.165) is 11.1 Å². The first-order valence-corrected chi connectivity index (χ1v) is 17.5. The van der Waals surface area contributed by atoms with E-state index in [-0.39, 0.29) is 38.9 Å². The third kappa shape index (κ3) is 10.4. The van der Waals surface area contributed by atoms with Gasteiger partial charge in [0.1, 0.15) is 12.7 Å². The average molecular weight is 709 g/mol. The average Bonchev–Trinajstić information content (AvgIpc) is 3.04. The molecule has 0 aliphatic rings. The number of urea groups is 2. The number of hydrogen-bond acceptors (Lipinski definition) is 10. The largest absolute Gasteiger partial charge is 0.458 e. The molecule has 0 aliphatic carbocycles. The lowest BCUT2D eigenvalue weighted by atomic mass is 10.2. The molecule has 49 heavy (non-hydrogen) atoms. The number of hydrogen-bond donors (Lipinski definition) is 4. The van der Waals surface area contributed by atoms with Crippen LogP contribution in [0.15, 0.2) is 107 Å². The zero-order chi connectivity index (χ0) is 35.8. The highest BCUT2D eigenvalue weighted by Crippen LogP contribution is 2.15. The molecule has 0 saturated heterocycles. The normalized spacial score (nSPS) is 11.8. The van der Waals surface area contributed by atoms with Crippen LogP contribution in [0.25, 0.3) is 0 Å². The van der Waals surface area contributed by atoms with Gasteiger partial charge in [0, 0.05) is 11.4 Å². The second-order valence-corrected chi connectivity index (χ2v) is 14.1. The van der Waals surface area contributed by atoms with Crippen molar-refractivity contribution >= 4 is 55.4 Å². The summed E-state index contributed by atoms with van der Waals surface area (Å²) in [6.45, 7) is 4.83. The molecule has 4 N–H and O–H groups in total. The van der Waals surface area contributed by atoms with Gasteiger partial charge in [0.15, 0.2) is 0 Å². The Hall–Kier alpha value is -5.74. The molecule has 14 nitrogen and oxygen atoms in total. The van der Waals surface area contributed by atoms with Gasteiger partial charge < -0.3 is 20.1 Å². The van der Waals surface area contributed by atoms with Crippen molar-refractivity contribution < 1.29 is 45.5 Å². The lowest BCUT2D eigenvalue weighted by Crippen LogP contribution is -2.34. The first kappa shape index (κ1) is 36.1. The van der Waals surface area contributed by atoms with Crippen molar-refractivity contribution in [3.05, 3.63) is 119 Å². The zero-order valence-corrected chi connectivity index (χ0v) is 28.1. The summed E-state index contributed by atoms with van der Waals surface area (Å²) >= 11 is 0. The van der Waals surface area contributed by atoms with E-state index in [1.807, 2.05) is 9.44 Å². The fourth-order valence-corrected chi connectivity index (χ4v) is 5.87.